The lowest BCUT2D eigenvalue weighted by molar-refractivity contribution is -0.125. The third-order valence-electron chi connectivity index (χ3n) is 3.63. The van der Waals surface area contributed by atoms with Crippen LogP contribution in [0.4, 0.5) is 5.00 Å². The monoisotopic (exact) mass is 365 g/mol. The zero-order chi connectivity index (χ0) is 17.9. The van der Waals surface area contributed by atoms with Crippen LogP contribution in [-0.2, 0) is 15.6 Å². The van der Waals surface area contributed by atoms with Gasteiger partial charge in [-0.2, -0.15) is 0 Å². The first kappa shape index (κ1) is 18.7. The van der Waals surface area contributed by atoms with Gasteiger partial charge in [-0.3, -0.25) is 14.0 Å². The van der Waals surface area contributed by atoms with Crippen LogP contribution in [0.2, 0.25) is 0 Å². The first-order chi connectivity index (χ1) is 11.3. The Balaban J connectivity index is 2.36. The molecule has 0 saturated heterocycles. The van der Waals surface area contributed by atoms with Crippen molar-refractivity contribution in [3.8, 4) is 10.6 Å². The standard InChI is InChI=1S/C17H23N3O2S2/c1-6-20(16(21)17(3,4)11-24(5)22)15-12(2)19-14(23-15)13-8-7-9-18-10-13/h7-10H,6,11H2,1-5H3. The molecule has 0 aliphatic heterocycles. The second kappa shape index (κ2) is 7.53. The Kier molecular flexibility index (Phi) is 5.87. The Labute approximate surface area is 149 Å². The molecule has 5 nitrogen and oxygen atoms in total. The number of carbonyl (C=O) groups is 1. The average Bonchev–Trinajstić information content (AvgIpc) is 2.90. The Morgan fingerprint density at radius 2 is 2.12 bits per heavy atom. The van der Waals surface area contributed by atoms with Crippen molar-refractivity contribution in [1.82, 2.24) is 9.97 Å². The van der Waals surface area contributed by atoms with E-state index < -0.39 is 16.2 Å². The molecule has 2 rings (SSSR count). The SMILES string of the molecule is CCN(C(=O)C(C)(C)CS(C)=O)c1sc(-c2cccnc2)nc1C. The first-order valence-corrected chi connectivity index (χ1v) is 10.3. The van der Waals surface area contributed by atoms with Gasteiger partial charge in [0.05, 0.1) is 11.1 Å². The predicted molar refractivity (Wildman–Crippen MR) is 101 cm³/mol. The van der Waals surface area contributed by atoms with Gasteiger partial charge in [-0.25, -0.2) is 4.98 Å². The lowest BCUT2D eigenvalue weighted by Gasteiger charge is -2.30. The van der Waals surface area contributed by atoms with Crippen LogP contribution >= 0.6 is 11.3 Å². The van der Waals surface area contributed by atoms with Gasteiger partial charge >= 0.3 is 0 Å². The van der Waals surface area contributed by atoms with Crippen LogP contribution in [0.3, 0.4) is 0 Å². The van der Waals surface area contributed by atoms with Crippen molar-refractivity contribution >= 4 is 33.0 Å². The zero-order valence-electron chi connectivity index (χ0n) is 14.7. The van der Waals surface area contributed by atoms with E-state index in [1.807, 2.05) is 39.8 Å². The van der Waals surface area contributed by atoms with Crippen LogP contribution in [0.15, 0.2) is 24.5 Å². The lowest BCUT2D eigenvalue weighted by Crippen LogP contribution is -2.43. The molecule has 0 N–H and O–H groups in total. The molecule has 1 atom stereocenters. The summed E-state index contributed by atoms with van der Waals surface area (Å²) >= 11 is 1.49. The molecule has 0 saturated carbocycles. The molecule has 1 unspecified atom stereocenters. The average molecular weight is 366 g/mol. The Hall–Kier alpha value is -1.60. The van der Waals surface area contributed by atoms with Crippen molar-refractivity contribution in [2.45, 2.75) is 27.7 Å². The minimum atomic E-state index is -1.03. The highest BCUT2D eigenvalue weighted by Crippen LogP contribution is 2.36. The number of rotatable bonds is 6. The number of thiazole rings is 1. The normalized spacial score (nSPS) is 12.9. The van der Waals surface area contributed by atoms with Gasteiger partial charge in [-0.1, -0.05) is 25.2 Å². The van der Waals surface area contributed by atoms with Gasteiger partial charge in [0.25, 0.3) is 0 Å². The highest BCUT2D eigenvalue weighted by molar-refractivity contribution is 7.84. The van der Waals surface area contributed by atoms with Gasteiger partial charge in [0.1, 0.15) is 10.0 Å². The van der Waals surface area contributed by atoms with Crippen molar-refractivity contribution < 1.29 is 9.00 Å². The molecule has 130 valence electrons. The van der Waals surface area contributed by atoms with Crippen LogP contribution in [0.1, 0.15) is 26.5 Å². The van der Waals surface area contributed by atoms with E-state index in [-0.39, 0.29) is 5.91 Å². The summed E-state index contributed by atoms with van der Waals surface area (Å²) in [5.41, 5.74) is 1.08. The maximum Gasteiger partial charge on any atom is 0.234 e. The van der Waals surface area contributed by atoms with Crippen LogP contribution in [0, 0.1) is 12.3 Å². The second-order valence-corrected chi connectivity index (χ2v) is 8.71. The minimum absolute atomic E-state index is 0.0234. The van der Waals surface area contributed by atoms with E-state index in [9.17, 15) is 9.00 Å². The molecule has 0 radical (unpaired) electrons. The number of anilines is 1. The molecule has 1 amide bonds. The second-order valence-electron chi connectivity index (χ2n) is 6.30. The smallest absolute Gasteiger partial charge is 0.234 e. The lowest BCUT2D eigenvalue weighted by atomic mass is 9.94. The number of nitrogens with zero attached hydrogens (tertiary/aromatic N) is 3. The number of aromatic nitrogens is 2. The van der Waals surface area contributed by atoms with Crippen molar-refractivity contribution in [3.05, 3.63) is 30.2 Å². The van der Waals surface area contributed by atoms with E-state index in [0.717, 1.165) is 21.3 Å². The Morgan fingerprint density at radius 1 is 1.42 bits per heavy atom. The number of hydrogen-bond donors (Lipinski definition) is 0. The summed E-state index contributed by atoms with van der Waals surface area (Å²) in [7, 11) is -1.03. The quantitative estimate of drug-likeness (QED) is 0.788. The molecule has 0 aromatic carbocycles. The highest BCUT2D eigenvalue weighted by atomic mass is 32.2. The summed E-state index contributed by atoms with van der Waals surface area (Å²) in [5.74, 6) is 0.319. The molecule has 0 fully saturated rings. The summed E-state index contributed by atoms with van der Waals surface area (Å²) in [6.45, 7) is 8.09. The van der Waals surface area contributed by atoms with E-state index in [1.165, 1.54) is 11.3 Å². The first-order valence-electron chi connectivity index (χ1n) is 7.76. The van der Waals surface area contributed by atoms with Crippen LogP contribution in [-0.4, -0.2) is 38.6 Å². The van der Waals surface area contributed by atoms with E-state index in [2.05, 4.69) is 9.97 Å². The fourth-order valence-electron chi connectivity index (χ4n) is 2.57. The fourth-order valence-corrected chi connectivity index (χ4v) is 4.83. The van der Waals surface area contributed by atoms with Gasteiger partial charge < -0.3 is 4.90 Å². The van der Waals surface area contributed by atoms with E-state index in [1.54, 1.807) is 23.5 Å². The highest BCUT2D eigenvalue weighted by Gasteiger charge is 2.34. The largest absolute Gasteiger partial charge is 0.302 e. The number of amides is 1. The summed E-state index contributed by atoms with van der Waals surface area (Å²) < 4.78 is 11.6. The predicted octanol–water partition coefficient (Wildman–Crippen LogP) is 3.27. The molecular weight excluding hydrogens is 342 g/mol. The third-order valence-corrected chi connectivity index (χ3v) is 5.99. The summed E-state index contributed by atoms with van der Waals surface area (Å²) in [6.07, 6.45) is 5.12. The Bertz CT molecular complexity index is 742. The number of carbonyl (C=O) groups excluding carboxylic acids is 1. The van der Waals surface area contributed by atoms with Crippen LogP contribution < -0.4 is 4.90 Å². The van der Waals surface area contributed by atoms with Crippen LogP contribution in [0.25, 0.3) is 10.6 Å². The number of pyridine rings is 1. The molecular formula is C17H23N3O2S2. The van der Waals surface area contributed by atoms with Crippen molar-refractivity contribution in [2.75, 3.05) is 23.5 Å². The third kappa shape index (κ3) is 4.08. The molecule has 0 bridgehead atoms. The molecule has 24 heavy (non-hydrogen) atoms. The molecule has 0 aliphatic carbocycles. The van der Waals surface area contributed by atoms with Crippen molar-refractivity contribution in [1.29, 1.82) is 0 Å². The molecule has 2 aromatic heterocycles. The van der Waals surface area contributed by atoms with Crippen molar-refractivity contribution in [3.63, 3.8) is 0 Å². The minimum Gasteiger partial charge on any atom is -0.302 e. The molecule has 2 heterocycles. The summed E-state index contributed by atoms with van der Waals surface area (Å²) in [6, 6.07) is 3.82. The van der Waals surface area contributed by atoms with Gasteiger partial charge in [0.2, 0.25) is 5.91 Å². The summed E-state index contributed by atoms with van der Waals surface area (Å²) in [4.78, 5) is 23.5. The van der Waals surface area contributed by atoms with Gasteiger partial charge in [0.15, 0.2) is 0 Å². The van der Waals surface area contributed by atoms with E-state index >= 15 is 0 Å². The number of hydrogen-bond acceptors (Lipinski definition) is 5. The molecule has 7 heteroatoms. The van der Waals surface area contributed by atoms with Gasteiger partial charge in [0, 0.05) is 47.3 Å². The van der Waals surface area contributed by atoms with Gasteiger partial charge in [-0.15, -0.1) is 0 Å². The topological polar surface area (TPSA) is 63.2 Å². The molecule has 0 spiro atoms. The zero-order valence-corrected chi connectivity index (χ0v) is 16.3. The maximum absolute atomic E-state index is 13.0. The van der Waals surface area contributed by atoms with E-state index in [0.29, 0.717) is 12.3 Å². The Morgan fingerprint density at radius 3 is 2.67 bits per heavy atom. The molecule has 0 aliphatic rings. The maximum atomic E-state index is 13.0. The summed E-state index contributed by atoms with van der Waals surface area (Å²) in [5, 5.41) is 1.69. The number of aryl methyl sites for hydroxylation is 1. The molecule has 2 aromatic rings. The van der Waals surface area contributed by atoms with Crippen molar-refractivity contribution in [2.24, 2.45) is 5.41 Å². The van der Waals surface area contributed by atoms with E-state index in [4.69, 9.17) is 0 Å². The fraction of sp³-hybridized carbons (Fsp3) is 0.471. The van der Waals surface area contributed by atoms with Crippen LogP contribution in [0.5, 0.6) is 0 Å². The van der Waals surface area contributed by atoms with Gasteiger partial charge in [-0.05, 0) is 26.0 Å².